The second-order valence-electron chi connectivity index (χ2n) is 6.44. The maximum Gasteiger partial charge on any atom is 0.290 e. The van der Waals surface area contributed by atoms with Gasteiger partial charge < -0.3 is 10.7 Å². The highest BCUT2D eigenvalue weighted by Crippen LogP contribution is 2.27. The fraction of sp³-hybridized carbons (Fsp3) is 0.0952. The Labute approximate surface area is 160 Å². The first-order valence-corrected chi connectivity index (χ1v) is 8.93. The zero-order chi connectivity index (χ0) is 19.7. The molecule has 140 valence electrons. The predicted molar refractivity (Wildman–Crippen MR) is 109 cm³/mol. The molecule has 0 atom stereocenters. The average Bonchev–Trinajstić information content (AvgIpc) is 3.10. The Kier molecular flexibility index (Phi) is 4.41. The molecule has 0 spiro atoms. The van der Waals surface area contributed by atoms with Crippen molar-refractivity contribution in [2.24, 2.45) is 5.73 Å². The van der Waals surface area contributed by atoms with E-state index in [9.17, 15) is 9.59 Å². The van der Waals surface area contributed by atoms with Gasteiger partial charge in [0.2, 0.25) is 0 Å². The van der Waals surface area contributed by atoms with E-state index in [-0.39, 0.29) is 11.4 Å². The number of amides is 2. The number of carbonyl (C=O) groups is 2. The normalized spacial score (nSPS) is 10.9. The molecule has 0 fully saturated rings. The summed E-state index contributed by atoms with van der Waals surface area (Å²) in [5, 5.41) is 1.61. The average molecular weight is 373 g/mol. The Morgan fingerprint density at radius 2 is 1.82 bits per heavy atom. The number of benzene rings is 2. The summed E-state index contributed by atoms with van der Waals surface area (Å²) in [6.45, 7) is 2.08. The van der Waals surface area contributed by atoms with Crippen LogP contribution in [0.2, 0.25) is 0 Å². The third-order valence-electron chi connectivity index (χ3n) is 4.65. The smallest absolute Gasteiger partial charge is 0.290 e. The Morgan fingerprint density at radius 3 is 2.54 bits per heavy atom. The van der Waals surface area contributed by atoms with Crippen LogP contribution in [0.15, 0.2) is 54.6 Å². The summed E-state index contributed by atoms with van der Waals surface area (Å²) >= 11 is 0. The predicted octanol–water partition coefficient (Wildman–Crippen LogP) is 3.13. The van der Waals surface area contributed by atoms with E-state index in [1.165, 1.54) is 5.56 Å². The van der Waals surface area contributed by atoms with Crippen LogP contribution >= 0.6 is 0 Å². The van der Waals surface area contributed by atoms with Gasteiger partial charge in [0.1, 0.15) is 5.69 Å². The van der Waals surface area contributed by atoms with E-state index < -0.39 is 11.8 Å². The summed E-state index contributed by atoms with van der Waals surface area (Å²) in [5.74, 6) is -1.16. The van der Waals surface area contributed by atoms with Gasteiger partial charge in [-0.3, -0.25) is 20.4 Å². The number of rotatable bonds is 5. The lowest BCUT2D eigenvalue weighted by molar-refractivity contribution is 0.0959. The number of nitrogens with zero attached hydrogens (tertiary/aromatic N) is 1. The lowest BCUT2D eigenvalue weighted by Gasteiger charge is -2.10. The number of nitrogens with one attached hydrogen (secondary N) is 3. The summed E-state index contributed by atoms with van der Waals surface area (Å²) in [7, 11) is 0. The number of H-pyrrole nitrogens is 1. The first kappa shape index (κ1) is 17.5. The molecule has 7 nitrogen and oxygen atoms in total. The van der Waals surface area contributed by atoms with Crippen molar-refractivity contribution < 1.29 is 9.59 Å². The number of aromatic amines is 1. The lowest BCUT2D eigenvalue weighted by Crippen LogP contribution is -2.31. The number of aromatic nitrogens is 2. The van der Waals surface area contributed by atoms with E-state index in [0.717, 1.165) is 28.4 Å². The zero-order valence-electron chi connectivity index (χ0n) is 15.2. The Morgan fingerprint density at radius 1 is 1.07 bits per heavy atom. The standard InChI is InChI=1S/C21H19N5O2/c1-2-12-7-9-13(10-8-12)25-26-21(28)19-18-15(11-17(24-19)20(22)27)14-5-3-4-6-16(14)23-18/h3-11,23,25H,2H2,1H3,(H2,22,27)(H,26,28). The number of para-hydroxylation sites is 1. The number of anilines is 1. The second kappa shape index (κ2) is 7.03. The molecule has 28 heavy (non-hydrogen) atoms. The number of pyridine rings is 1. The van der Waals surface area contributed by atoms with Crippen LogP contribution in [-0.2, 0) is 6.42 Å². The minimum absolute atomic E-state index is 0.0368. The summed E-state index contributed by atoms with van der Waals surface area (Å²) < 4.78 is 0. The molecule has 0 saturated carbocycles. The molecule has 2 heterocycles. The molecule has 4 aromatic rings. The maximum absolute atomic E-state index is 12.8. The number of fused-ring (bicyclic) bond motifs is 3. The van der Waals surface area contributed by atoms with E-state index in [1.807, 2.05) is 48.5 Å². The summed E-state index contributed by atoms with van der Waals surface area (Å²) in [5.41, 5.74) is 14.4. The highest BCUT2D eigenvalue weighted by molar-refractivity contribution is 6.15. The number of carbonyl (C=O) groups excluding carboxylic acids is 2. The van der Waals surface area contributed by atoms with Crippen LogP contribution in [0.1, 0.15) is 33.5 Å². The molecule has 2 aromatic heterocycles. The quantitative estimate of drug-likeness (QED) is 0.403. The molecule has 0 saturated heterocycles. The molecule has 0 unspecified atom stereocenters. The van der Waals surface area contributed by atoms with Gasteiger partial charge in [0.15, 0.2) is 5.69 Å². The third-order valence-corrected chi connectivity index (χ3v) is 4.65. The first-order chi connectivity index (χ1) is 13.6. The molecular weight excluding hydrogens is 354 g/mol. The fourth-order valence-electron chi connectivity index (χ4n) is 3.15. The molecule has 0 aliphatic rings. The van der Waals surface area contributed by atoms with Crippen LogP contribution < -0.4 is 16.6 Å². The molecule has 2 amide bonds. The first-order valence-electron chi connectivity index (χ1n) is 8.93. The van der Waals surface area contributed by atoms with Crippen molar-refractivity contribution in [3.8, 4) is 0 Å². The maximum atomic E-state index is 12.8. The van der Waals surface area contributed by atoms with Crippen molar-refractivity contribution in [3.63, 3.8) is 0 Å². The Bertz CT molecular complexity index is 1190. The number of hydrogen-bond acceptors (Lipinski definition) is 4. The van der Waals surface area contributed by atoms with Crippen molar-refractivity contribution >= 4 is 39.3 Å². The molecular formula is C21H19N5O2. The van der Waals surface area contributed by atoms with Crippen molar-refractivity contribution in [2.45, 2.75) is 13.3 Å². The molecule has 0 aliphatic carbocycles. The molecule has 4 rings (SSSR count). The summed E-state index contributed by atoms with van der Waals surface area (Å²) in [6, 6.07) is 16.9. The molecule has 7 heteroatoms. The minimum Gasteiger partial charge on any atom is -0.364 e. The van der Waals surface area contributed by atoms with Crippen molar-refractivity contribution in [3.05, 3.63) is 71.5 Å². The third kappa shape index (κ3) is 3.14. The van der Waals surface area contributed by atoms with Crippen molar-refractivity contribution in [2.75, 3.05) is 5.43 Å². The van der Waals surface area contributed by atoms with Crippen LogP contribution in [0.25, 0.3) is 21.8 Å². The summed E-state index contributed by atoms with van der Waals surface area (Å²) in [4.78, 5) is 31.9. The SMILES string of the molecule is CCc1ccc(NNC(=O)c2nc(C(N)=O)cc3c2[nH]c2ccccc23)cc1. The summed E-state index contributed by atoms with van der Waals surface area (Å²) in [6.07, 6.45) is 0.939. The topological polar surface area (TPSA) is 113 Å². The van der Waals surface area contributed by atoms with Crippen LogP contribution in [-0.4, -0.2) is 21.8 Å². The number of aryl methyl sites for hydroxylation is 1. The Balaban J connectivity index is 1.71. The highest BCUT2D eigenvalue weighted by Gasteiger charge is 2.19. The van der Waals surface area contributed by atoms with Gasteiger partial charge >= 0.3 is 0 Å². The minimum atomic E-state index is -0.690. The van der Waals surface area contributed by atoms with Gasteiger partial charge in [0.25, 0.3) is 11.8 Å². The van der Waals surface area contributed by atoms with Crippen molar-refractivity contribution in [1.29, 1.82) is 0 Å². The van der Waals surface area contributed by atoms with E-state index >= 15 is 0 Å². The monoisotopic (exact) mass is 373 g/mol. The van der Waals surface area contributed by atoms with E-state index in [4.69, 9.17) is 5.73 Å². The molecule has 0 bridgehead atoms. The second-order valence-corrected chi connectivity index (χ2v) is 6.44. The number of hydrazine groups is 1. The van der Waals surface area contributed by atoms with E-state index in [2.05, 4.69) is 27.7 Å². The van der Waals surface area contributed by atoms with Gasteiger partial charge in [0, 0.05) is 16.3 Å². The lowest BCUT2D eigenvalue weighted by atomic mass is 10.1. The number of primary amides is 1. The zero-order valence-corrected chi connectivity index (χ0v) is 15.2. The van der Waals surface area contributed by atoms with Gasteiger partial charge in [-0.05, 0) is 36.2 Å². The van der Waals surface area contributed by atoms with Gasteiger partial charge in [-0.15, -0.1) is 0 Å². The number of hydrogen-bond donors (Lipinski definition) is 4. The van der Waals surface area contributed by atoms with Gasteiger partial charge in [0.05, 0.1) is 11.2 Å². The van der Waals surface area contributed by atoms with E-state index in [1.54, 1.807) is 6.07 Å². The van der Waals surface area contributed by atoms with Crippen LogP contribution in [0.5, 0.6) is 0 Å². The molecule has 0 aliphatic heterocycles. The molecule has 2 aromatic carbocycles. The van der Waals surface area contributed by atoms with Crippen LogP contribution in [0, 0.1) is 0 Å². The number of nitrogens with two attached hydrogens (primary N) is 1. The highest BCUT2D eigenvalue weighted by atomic mass is 16.2. The van der Waals surface area contributed by atoms with Gasteiger partial charge in [-0.2, -0.15) is 0 Å². The largest absolute Gasteiger partial charge is 0.364 e. The van der Waals surface area contributed by atoms with Crippen LogP contribution in [0.3, 0.4) is 0 Å². The Hall–Kier alpha value is -3.87. The van der Waals surface area contributed by atoms with E-state index in [0.29, 0.717) is 5.52 Å². The van der Waals surface area contributed by atoms with Crippen molar-refractivity contribution in [1.82, 2.24) is 15.4 Å². The molecule has 0 radical (unpaired) electrons. The van der Waals surface area contributed by atoms with Gasteiger partial charge in [-0.1, -0.05) is 37.3 Å². The molecule has 5 N–H and O–H groups in total. The van der Waals surface area contributed by atoms with Crippen LogP contribution in [0.4, 0.5) is 5.69 Å². The van der Waals surface area contributed by atoms with Gasteiger partial charge in [-0.25, -0.2) is 4.98 Å². The fourth-order valence-corrected chi connectivity index (χ4v) is 3.15.